The molecule has 0 aromatic heterocycles. The monoisotopic (exact) mass is 424 g/mol. The van der Waals surface area contributed by atoms with Gasteiger partial charge in [0.15, 0.2) is 5.96 Å². The third-order valence-corrected chi connectivity index (χ3v) is 3.26. The minimum Gasteiger partial charge on any atom is -0.357 e. The number of aliphatic imine (C=N–C) groups is 1. The molecule has 21 heavy (non-hydrogen) atoms. The lowest BCUT2D eigenvalue weighted by Crippen LogP contribution is -2.40. The highest BCUT2D eigenvalue weighted by atomic mass is 127. The van der Waals surface area contributed by atoms with Crippen LogP contribution in [0.3, 0.4) is 0 Å². The Bertz CT molecular complexity index is 409. The van der Waals surface area contributed by atoms with E-state index in [9.17, 15) is 0 Å². The fourth-order valence-corrected chi connectivity index (χ4v) is 1.75. The summed E-state index contributed by atoms with van der Waals surface area (Å²) in [6.45, 7) is 8.67. The Morgan fingerprint density at radius 1 is 1.19 bits per heavy atom. The molecule has 0 fully saturated rings. The van der Waals surface area contributed by atoms with Crippen LogP contribution in [0.2, 0.25) is 5.02 Å². The number of guanidine groups is 1. The van der Waals surface area contributed by atoms with Crippen molar-refractivity contribution < 1.29 is 0 Å². The first-order chi connectivity index (χ1) is 9.65. The Morgan fingerprint density at radius 2 is 1.86 bits per heavy atom. The smallest absolute Gasteiger partial charge is 0.191 e. The lowest BCUT2D eigenvalue weighted by molar-refractivity contribution is 0.357. The first-order valence-electron chi connectivity index (χ1n) is 7.10. The van der Waals surface area contributed by atoms with Gasteiger partial charge in [0.1, 0.15) is 0 Å². The van der Waals surface area contributed by atoms with Crippen LogP contribution in [-0.2, 0) is 6.54 Å². The third kappa shape index (κ3) is 9.16. The standard InChI is InChI=1S/C15H25ClN4.HI/c1-4-17-15(18-10-11-20(3)5-2)19-12-13-6-8-14(16)9-7-13;/h6-9H,4-5,10-12H2,1-3H3,(H2,17,18,19);1H. The van der Waals surface area contributed by atoms with E-state index in [1.165, 1.54) is 0 Å². The van der Waals surface area contributed by atoms with Crippen molar-refractivity contribution in [3.63, 3.8) is 0 Å². The molecule has 1 aromatic rings. The van der Waals surface area contributed by atoms with Crippen molar-refractivity contribution >= 4 is 41.5 Å². The van der Waals surface area contributed by atoms with E-state index in [2.05, 4.69) is 41.4 Å². The van der Waals surface area contributed by atoms with Crippen LogP contribution >= 0.6 is 35.6 Å². The number of benzene rings is 1. The van der Waals surface area contributed by atoms with Gasteiger partial charge in [-0.05, 0) is 38.2 Å². The molecule has 0 aliphatic rings. The zero-order chi connectivity index (χ0) is 14.8. The summed E-state index contributed by atoms with van der Waals surface area (Å²) in [5.74, 6) is 0.854. The van der Waals surface area contributed by atoms with Crippen LogP contribution in [-0.4, -0.2) is 44.1 Å². The van der Waals surface area contributed by atoms with Crippen molar-refractivity contribution in [3.8, 4) is 0 Å². The van der Waals surface area contributed by atoms with Gasteiger partial charge in [0, 0.05) is 24.7 Å². The molecule has 0 spiro atoms. The molecular formula is C15H26ClIN4. The Hall–Kier alpha value is -0.530. The fraction of sp³-hybridized carbons (Fsp3) is 0.533. The predicted molar refractivity (Wildman–Crippen MR) is 103 cm³/mol. The largest absolute Gasteiger partial charge is 0.357 e. The summed E-state index contributed by atoms with van der Waals surface area (Å²) in [6, 6.07) is 7.78. The highest BCUT2D eigenvalue weighted by molar-refractivity contribution is 14.0. The molecule has 0 aliphatic heterocycles. The van der Waals surface area contributed by atoms with Crippen LogP contribution in [0.5, 0.6) is 0 Å². The van der Waals surface area contributed by atoms with Gasteiger partial charge in [-0.1, -0.05) is 30.7 Å². The average molecular weight is 425 g/mol. The average Bonchev–Trinajstić information content (AvgIpc) is 2.46. The maximum atomic E-state index is 5.87. The molecule has 0 saturated carbocycles. The van der Waals surface area contributed by atoms with Crippen molar-refractivity contribution in [1.82, 2.24) is 15.5 Å². The number of nitrogens with zero attached hydrogens (tertiary/aromatic N) is 2. The van der Waals surface area contributed by atoms with E-state index in [1.54, 1.807) is 0 Å². The predicted octanol–water partition coefficient (Wildman–Crippen LogP) is 2.96. The molecule has 0 amide bonds. The lowest BCUT2D eigenvalue weighted by Gasteiger charge is -2.16. The Morgan fingerprint density at radius 3 is 2.43 bits per heavy atom. The van der Waals surface area contributed by atoms with Gasteiger partial charge in [0.2, 0.25) is 0 Å². The number of nitrogens with one attached hydrogen (secondary N) is 2. The molecule has 0 atom stereocenters. The van der Waals surface area contributed by atoms with Gasteiger partial charge in [0.25, 0.3) is 0 Å². The van der Waals surface area contributed by atoms with Crippen LogP contribution < -0.4 is 10.6 Å². The molecule has 2 N–H and O–H groups in total. The fourth-order valence-electron chi connectivity index (χ4n) is 1.63. The number of rotatable bonds is 7. The Labute approximate surface area is 150 Å². The first kappa shape index (κ1) is 20.5. The van der Waals surface area contributed by atoms with E-state index < -0.39 is 0 Å². The minimum absolute atomic E-state index is 0. The molecular weight excluding hydrogens is 399 g/mol. The van der Waals surface area contributed by atoms with E-state index in [-0.39, 0.29) is 24.0 Å². The van der Waals surface area contributed by atoms with Crippen LogP contribution in [0, 0.1) is 0 Å². The molecule has 1 aromatic carbocycles. The lowest BCUT2D eigenvalue weighted by atomic mass is 10.2. The molecule has 120 valence electrons. The third-order valence-electron chi connectivity index (χ3n) is 3.00. The van der Waals surface area contributed by atoms with E-state index in [1.807, 2.05) is 24.3 Å². The summed E-state index contributed by atoms with van der Waals surface area (Å²) in [6.07, 6.45) is 0. The summed E-state index contributed by atoms with van der Waals surface area (Å²) in [7, 11) is 2.11. The number of hydrogen-bond acceptors (Lipinski definition) is 2. The van der Waals surface area contributed by atoms with Crippen molar-refractivity contribution in [2.24, 2.45) is 4.99 Å². The van der Waals surface area contributed by atoms with E-state index in [0.717, 1.165) is 42.7 Å². The molecule has 4 nitrogen and oxygen atoms in total. The molecule has 0 radical (unpaired) electrons. The molecule has 0 heterocycles. The van der Waals surface area contributed by atoms with Crippen LogP contribution in [0.4, 0.5) is 0 Å². The van der Waals surface area contributed by atoms with Gasteiger partial charge in [0.05, 0.1) is 6.54 Å². The van der Waals surface area contributed by atoms with Gasteiger partial charge in [-0.25, -0.2) is 4.99 Å². The molecule has 1 rings (SSSR count). The highest BCUT2D eigenvalue weighted by Crippen LogP contribution is 2.09. The molecule has 0 saturated heterocycles. The van der Waals surface area contributed by atoms with Crippen molar-refractivity contribution in [1.29, 1.82) is 0 Å². The number of halogens is 2. The number of hydrogen-bond donors (Lipinski definition) is 2. The second kappa shape index (κ2) is 12.1. The van der Waals surface area contributed by atoms with Crippen LogP contribution in [0.1, 0.15) is 19.4 Å². The molecule has 0 bridgehead atoms. The van der Waals surface area contributed by atoms with Crippen LogP contribution in [0.25, 0.3) is 0 Å². The van der Waals surface area contributed by atoms with Gasteiger partial charge < -0.3 is 15.5 Å². The second-order valence-electron chi connectivity index (χ2n) is 4.64. The normalized spacial score (nSPS) is 11.2. The zero-order valence-corrected chi connectivity index (χ0v) is 16.1. The summed E-state index contributed by atoms with van der Waals surface area (Å²) >= 11 is 5.87. The van der Waals surface area contributed by atoms with E-state index in [0.29, 0.717) is 6.54 Å². The molecule has 6 heteroatoms. The Kier molecular flexibility index (Phi) is 11.8. The van der Waals surface area contributed by atoms with Crippen LogP contribution in [0.15, 0.2) is 29.3 Å². The van der Waals surface area contributed by atoms with Crippen molar-refractivity contribution in [2.45, 2.75) is 20.4 Å². The maximum absolute atomic E-state index is 5.87. The SMILES string of the molecule is CCNC(=NCc1ccc(Cl)cc1)NCCN(C)CC.I. The Balaban J connectivity index is 0.00000400. The van der Waals surface area contributed by atoms with Gasteiger partial charge in [-0.3, -0.25) is 0 Å². The molecule has 0 unspecified atom stereocenters. The first-order valence-corrected chi connectivity index (χ1v) is 7.48. The minimum atomic E-state index is 0. The summed E-state index contributed by atoms with van der Waals surface area (Å²) in [5, 5.41) is 7.34. The topological polar surface area (TPSA) is 39.7 Å². The van der Waals surface area contributed by atoms with Crippen molar-refractivity contribution in [3.05, 3.63) is 34.9 Å². The maximum Gasteiger partial charge on any atom is 0.191 e. The zero-order valence-electron chi connectivity index (χ0n) is 13.0. The summed E-state index contributed by atoms with van der Waals surface area (Å²) in [4.78, 5) is 6.83. The summed E-state index contributed by atoms with van der Waals surface area (Å²) in [5.41, 5.74) is 1.15. The second-order valence-corrected chi connectivity index (χ2v) is 5.08. The number of likely N-dealkylation sites (N-methyl/N-ethyl adjacent to an activating group) is 1. The van der Waals surface area contributed by atoms with Crippen molar-refractivity contribution in [2.75, 3.05) is 33.2 Å². The van der Waals surface area contributed by atoms with Gasteiger partial charge >= 0.3 is 0 Å². The van der Waals surface area contributed by atoms with Gasteiger partial charge in [-0.15, -0.1) is 24.0 Å². The van der Waals surface area contributed by atoms with E-state index >= 15 is 0 Å². The van der Waals surface area contributed by atoms with E-state index in [4.69, 9.17) is 11.6 Å². The summed E-state index contributed by atoms with van der Waals surface area (Å²) < 4.78 is 0. The molecule has 0 aliphatic carbocycles. The quantitative estimate of drug-likeness (QED) is 0.402. The van der Waals surface area contributed by atoms with Gasteiger partial charge in [-0.2, -0.15) is 0 Å². The highest BCUT2D eigenvalue weighted by Gasteiger charge is 1.99.